The molecule has 2 aromatic rings. The molecule has 0 amide bonds. The van der Waals surface area contributed by atoms with Crippen molar-refractivity contribution in [3.63, 3.8) is 0 Å². The summed E-state index contributed by atoms with van der Waals surface area (Å²) in [6.45, 7) is 1.98. The van der Waals surface area contributed by atoms with E-state index in [4.69, 9.17) is 0 Å². The van der Waals surface area contributed by atoms with Gasteiger partial charge in [0.05, 0.1) is 6.54 Å². The quantitative estimate of drug-likeness (QED) is 0.779. The Morgan fingerprint density at radius 2 is 1.71 bits per heavy atom. The molecule has 0 aliphatic carbocycles. The lowest BCUT2D eigenvalue weighted by Crippen LogP contribution is -2.29. The van der Waals surface area contributed by atoms with Crippen molar-refractivity contribution in [2.75, 3.05) is 13.6 Å². The van der Waals surface area contributed by atoms with E-state index < -0.39 is 0 Å². The molecule has 4 heteroatoms. The molecule has 0 radical (unpaired) electrons. The van der Waals surface area contributed by atoms with Crippen LogP contribution in [0.3, 0.4) is 0 Å². The highest BCUT2D eigenvalue weighted by atomic mass is 19.1. The van der Waals surface area contributed by atoms with Crippen LogP contribution < -0.4 is 0 Å². The van der Waals surface area contributed by atoms with Crippen molar-refractivity contribution < 1.29 is 13.6 Å². The van der Waals surface area contributed by atoms with Crippen LogP contribution >= 0.6 is 0 Å². The summed E-state index contributed by atoms with van der Waals surface area (Å²) in [5.41, 5.74) is 0.996. The molecule has 110 valence electrons. The molecule has 2 nitrogen and oxygen atoms in total. The predicted octanol–water partition coefficient (Wildman–Crippen LogP) is 3.84. The van der Waals surface area contributed by atoms with Gasteiger partial charge in [-0.05, 0) is 44.3 Å². The van der Waals surface area contributed by atoms with E-state index in [-0.39, 0.29) is 30.0 Å². The van der Waals surface area contributed by atoms with Gasteiger partial charge in [0.1, 0.15) is 11.6 Å². The van der Waals surface area contributed by atoms with Crippen LogP contribution in [0.4, 0.5) is 8.78 Å². The number of nitrogens with zero attached hydrogens (tertiary/aromatic N) is 1. The fourth-order valence-corrected chi connectivity index (χ4v) is 2.14. The minimum atomic E-state index is -0.375. The molecule has 2 aromatic carbocycles. The second-order valence-electron chi connectivity index (χ2n) is 5.04. The van der Waals surface area contributed by atoms with Crippen LogP contribution in [0.15, 0.2) is 48.5 Å². The normalized spacial score (nSPS) is 12.4. The van der Waals surface area contributed by atoms with Crippen molar-refractivity contribution in [1.82, 2.24) is 4.90 Å². The number of Topliss-reactive ketones (excluding diaryl/α,β-unsaturated/α-hetero) is 1. The van der Waals surface area contributed by atoms with E-state index in [9.17, 15) is 13.6 Å². The van der Waals surface area contributed by atoms with Gasteiger partial charge in [0, 0.05) is 17.2 Å². The number of carbonyl (C=O) groups excluding carboxylic acids is 1. The Morgan fingerprint density at radius 3 is 2.33 bits per heavy atom. The van der Waals surface area contributed by atoms with Crippen molar-refractivity contribution >= 4 is 5.78 Å². The van der Waals surface area contributed by atoms with Crippen LogP contribution in [-0.4, -0.2) is 24.3 Å². The van der Waals surface area contributed by atoms with Gasteiger partial charge in [0.25, 0.3) is 0 Å². The third kappa shape index (κ3) is 3.73. The maximum atomic E-state index is 13.8. The summed E-state index contributed by atoms with van der Waals surface area (Å²) in [6.07, 6.45) is 0. The second kappa shape index (κ2) is 6.59. The lowest BCUT2D eigenvalue weighted by molar-refractivity contribution is 0.0923. The maximum absolute atomic E-state index is 13.8. The Kier molecular flexibility index (Phi) is 4.81. The first-order chi connectivity index (χ1) is 9.99. The summed E-state index contributed by atoms with van der Waals surface area (Å²) in [6, 6.07) is 11.7. The van der Waals surface area contributed by atoms with Gasteiger partial charge in [-0.25, -0.2) is 8.78 Å². The van der Waals surface area contributed by atoms with Gasteiger partial charge >= 0.3 is 0 Å². The van der Waals surface area contributed by atoms with Crippen molar-refractivity contribution in [2.24, 2.45) is 0 Å². The van der Waals surface area contributed by atoms with Crippen LogP contribution in [0.5, 0.6) is 0 Å². The minimum Gasteiger partial charge on any atom is -0.293 e. The van der Waals surface area contributed by atoms with Crippen LogP contribution in [0.1, 0.15) is 28.9 Å². The fraction of sp³-hybridized carbons (Fsp3) is 0.235. The summed E-state index contributed by atoms with van der Waals surface area (Å²) < 4.78 is 26.6. The van der Waals surface area contributed by atoms with E-state index >= 15 is 0 Å². The number of hydrogen-bond acceptors (Lipinski definition) is 2. The molecule has 0 N–H and O–H groups in total. The molecule has 0 saturated heterocycles. The number of carbonyl (C=O) groups is 1. The third-order valence-electron chi connectivity index (χ3n) is 3.58. The Bertz CT molecular complexity index is 625. The second-order valence-corrected chi connectivity index (χ2v) is 5.04. The summed E-state index contributed by atoms with van der Waals surface area (Å²) >= 11 is 0. The van der Waals surface area contributed by atoms with Crippen LogP contribution in [-0.2, 0) is 0 Å². The van der Waals surface area contributed by atoms with Crippen molar-refractivity contribution in [2.45, 2.75) is 13.0 Å². The van der Waals surface area contributed by atoms with Crippen LogP contribution in [0, 0.1) is 11.6 Å². The highest BCUT2D eigenvalue weighted by Crippen LogP contribution is 2.21. The molecule has 21 heavy (non-hydrogen) atoms. The number of hydrogen-bond donors (Lipinski definition) is 0. The van der Waals surface area contributed by atoms with Crippen LogP contribution in [0.2, 0.25) is 0 Å². The third-order valence-corrected chi connectivity index (χ3v) is 3.58. The van der Waals surface area contributed by atoms with E-state index in [1.807, 2.05) is 6.92 Å². The molecular formula is C17H17F2NO. The first kappa shape index (κ1) is 15.3. The zero-order chi connectivity index (χ0) is 15.4. The summed E-state index contributed by atoms with van der Waals surface area (Å²) in [4.78, 5) is 13.9. The fourth-order valence-electron chi connectivity index (χ4n) is 2.14. The zero-order valence-electron chi connectivity index (χ0n) is 12.0. The molecule has 0 spiro atoms. The zero-order valence-corrected chi connectivity index (χ0v) is 12.0. The van der Waals surface area contributed by atoms with Gasteiger partial charge in [-0.1, -0.05) is 18.2 Å². The molecule has 0 aromatic heterocycles. The van der Waals surface area contributed by atoms with E-state index in [1.165, 1.54) is 30.3 Å². The summed E-state index contributed by atoms with van der Waals surface area (Å²) in [5, 5.41) is 0. The molecular weight excluding hydrogens is 272 g/mol. The van der Waals surface area contributed by atoms with E-state index in [2.05, 4.69) is 0 Å². The topological polar surface area (TPSA) is 20.3 Å². The highest BCUT2D eigenvalue weighted by Gasteiger charge is 2.18. The number of rotatable bonds is 5. The molecule has 0 bridgehead atoms. The van der Waals surface area contributed by atoms with E-state index in [0.29, 0.717) is 11.1 Å². The molecule has 1 atom stereocenters. The van der Waals surface area contributed by atoms with Crippen LogP contribution in [0.25, 0.3) is 0 Å². The minimum absolute atomic E-state index is 0.124. The Balaban J connectivity index is 2.07. The number of benzene rings is 2. The molecule has 0 aliphatic rings. The lowest BCUT2D eigenvalue weighted by Gasteiger charge is -2.24. The Morgan fingerprint density at radius 1 is 1.10 bits per heavy atom. The Hall–Kier alpha value is -2.07. The van der Waals surface area contributed by atoms with Gasteiger partial charge in [0.15, 0.2) is 5.78 Å². The molecule has 0 aliphatic heterocycles. The van der Waals surface area contributed by atoms with Gasteiger partial charge in [-0.15, -0.1) is 0 Å². The molecule has 1 unspecified atom stereocenters. The van der Waals surface area contributed by atoms with Gasteiger partial charge < -0.3 is 0 Å². The first-order valence-corrected chi connectivity index (χ1v) is 6.72. The lowest BCUT2D eigenvalue weighted by atomic mass is 10.1. The van der Waals surface area contributed by atoms with Crippen molar-refractivity contribution in [1.29, 1.82) is 0 Å². The number of halogens is 2. The number of ketones is 1. The largest absolute Gasteiger partial charge is 0.293 e. The standard InChI is InChI=1S/C17H17F2NO/c1-12(15-5-3-4-6-16(15)19)20(2)11-17(21)13-7-9-14(18)10-8-13/h3-10,12H,11H2,1-2H3. The molecule has 2 rings (SSSR count). The van der Waals surface area contributed by atoms with Gasteiger partial charge in [-0.2, -0.15) is 0 Å². The first-order valence-electron chi connectivity index (χ1n) is 6.72. The van der Waals surface area contributed by atoms with E-state index in [0.717, 1.165) is 0 Å². The molecule has 0 fully saturated rings. The van der Waals surface area contributed by atoms with E-state index in [1.54, 1.807) is 30.1 Å². The summed E-state index contributed by atoms with van der Waals surface area (Å²) in [7, 11) is 1.76. The summed E-state index contributed by atoms with van der Waals surface area (Å²) in [5.74, 6) is -0.786. The molecule has 0 heterocycles. The smallest absolute Gasteiger partial charge is 0.176 e. The van der Waals surface area contributed by atoms with Gasteiger partial charge in [-0.3, -0.25) is 9.69 Å². The highest BCUT2D eigenvalue weighted by molar-refractivity contribution is 5.97. The number of likely N-dealkylation sites (N-methyl/N-ethyl adjacent to an activating group) is 1. The predicted molar refractivity (Wildman–Crippen MR) is 78.2 cm³/mol. The van der Waals surface area contributed by atoms with Gasteiger partial charge in [0.2, 0.25) is 0 Å². The SMILES string of the molecule is CC(c1ccccc1F)N(C)CC(=O)c1ccc(F)cc1. The molecule has 0 saturated carbocycles. The monoisotopic (exact) mass is 289 g/mol. The Labute approximate surface area is 123 Å². The van der Waals surface area contributed by atoms with Crippen molar-refractivity contribution in [3.8, 4) is 0 Å². The average molecular weight is 289 g/mol. The maximum Gasteiger partial charge on any atom is 0.176 e. The average Bonchev–Trinajstić information content (AvgIpc) is 2.47. The van der Waals surface area contributed by atoms with Crippen molar-refractivity contribution in [3.05, 3.63) is 71.3 Å².